The maximum Gasteiger partial charge on any atom is 1.00 e. The van der Waals surface area contributed by atoms with Gasteiger partial charge in [-0.2, -0.15) is 0 Å². The van der Waals surface area contributed by atoms with Gasteiger partial charge in [0.15, 0.2) is 0 Å². The second kappa shape index (κ2) is 39.5. The molecular formula is C2H4KNO2. The first-order chi connectivity index (χ1) is 2.41. The molecule has 6 heavy (non-hydrogen) atoms. The van der Waals surface area contributed by atoms with Crippen molar-refractivity contribution in [1.29, 1.82) is 5.26 Å². The van der Waals surface area contributed by atoms with Crippen LogP contribution in [0.25, 0.3) is 0 Å². The van der Waals surface area contributed by atoms with Crippen LogP contribution in [0.2, 0.25) is 0 Å². The molecule has 1 N–H and O–H groups in total. The zero-order chi connectivity index (χ0) is 4.71. The summed E-state index contributed by atoms with van der Waals surface area (Å²) in [4.78, 5) is 0. The van der Waals surface area contributed by atoms with E-state index in [2.05, 4.69) is 0 Å². The SMILES string of the molecule is CO.N#C[O-].[K+]. The number of aliphatic hydroxyl groups excluding tert-OH is 1. The van der Waals surface area contributed by atoms with Crippen LogP contribution in [0.15, 0.2) is 0 Å². The van der Waals surface area contributed by atoms with Crippen molar-refractivity contribution >= 4 is 0 Å². The predicted molar refractivity (Wildman–Crippen MR) is 13.8 cm³/mol. The fraction of sp³-hybridized carbons (Fsp3) is 0.500. The summed E-state index contributed by atoms with van der Waals surface area (Å²) in [5.41, 5.74) is 0. The summed E-state index contributed by atoms with van der Waals surface area (Å²) in [5.74, 6) is 0. The van der Waals surface area contributed by atoms with E-state index >= 15 is 0 Å². The van der Waals surface area contributed by atoms with Gasteiger partial charge in [0.25, 0.3) is 0 Å². The molecule has 0 aromatic rings. The van der Waals surface area contributed by atoms with Gasteiger partial charge in [0.1, 0.15) is 0 Å². The van der Waals surface area contributed by atoms with Crippen LogP contribution in [-0.4, -0.2) is 12.2 Å². The Morgan fingerprint density at radius 1 is 1.67 bits per heavy atom. The summed E-state index contributed by atoms with van der Waals surface area (Å²) >= 11 is 0. The molecule has 30 valence electrons. The van der Waals surface area contributed by atoms with E-state index in [1.807, 2.05) is 0 Å². The smallest absolute Gasteiger partial charge is 0.812 e. The molecule has 4 heteroatoms. The Morgan fingerprint density at radius 2 is 1.67 bits per heavy atom. The molecule has 0 aromatic heterocycles. The fourth-order valence-electron chi connectivity index (χ4n) is 0. The van der Waals surface area contributed by atoms with Crippen LogP contribution < -0.4 is 56.5 Å². The Labute approximate surface area is 79.0 Å². The van der Waals surface area contributed by atoms with Crippen LogP contribution in [-0.2, 0) is 0 Å². The predicted octanol–water partition coefficient (Wildman–Crippen LogP) is -4.56. The largest absolute Gasteiger partial charge is 1.00 e. The van der Waals surface area contributed by atoms with Crippen molar-refractivity contribution in [3.63, 3.8) is 0 Å². The average Bonchev–Trinajstić information content (AvgIpc) is 1.46. The molecule has 0 unspecified atom stereocenters. The normalized spacial score (nSPS) is 2.17. The summed E-state index contributed by atoms with van der Waals surface area (Å²) < 4.78 is 0. The third kappa shape index (κ3) is 93.9. The van der Waals surface area contributed by atoms with Crippen LogP contribution in [0.1, 0.15) is 0 Å². The zero-order valence-corrected chi connectivity index (χ0v) is 6.93. The monoisotopic (exact) mass is 113 g/mol. The first-order valence-electron chi connectivity index (χ1n) is 0.875. The van der Waals surface area contributed by atoms with Gasteiger partial charge in [-0.05, 0) is 0 Å². The molecule has 0 saturated carbocycles. The summed E-state index contributed by atoms with van der Waals surface area (Å²) in [6, 6.07) is 0. The average molecular weight is 113 g/mol. The fourth-order valence-corrected chi connectivity index (χ4v) is 0. The van der Waals surface area contributed by atoms with Crippen LogP contribution in [0.3, 0.4) is 0 Å². The number of hydrogen-bond donors (Lipinski definition) is 1. The maximum atomic E-state index is 8.24. The van der Waals surface area contributed by atoms with E-state index in [1.54, 1.807) is 0 Å². The molecule has 0 atom stereocenters. The van der Waals surface area contributed by atoms with Crippen molar-refractivity contribution in [2.24, 2.45) is 0 Å². The van der Waals surface area contributed by atoms with E-state index in [9.17, 15) is 0 Å². The number of hydrogen-bond acceptors (Lipinski definition) is 3. The third-order valence-corrected chi connectivity index (χ3v) is 0. The molecule has 0 aliphatic carbocycles. The van der Waals surface area contributed by atoms with Gasteiger partial charge in [0.2, 0.25) is 0 Å². The number of rotatable bonds is 0. The standard InChI is InChI=1S/CHNO.CH4O.K/c2-1-3;1-2;/h3H;2H,1H3;/q;;+1/p-1. The number of aliphatic hydroxyl groups is 1. The molecule has 0 saturated heterocycles. The Bertz CT molecular complexity index is 33.0. The molecule has 0 bridgehead atoms. The summed E-state index contributed by atoms with van der Waals surface area (Å²) in [6.07, 6.45) is 0.500. The van der Waals surface area contributed by atoms with Gasteiger partial charge in [-0.25, -0.2) is 5.26 Å². The van der Waals surface area contributed by atoms with E-state index in [0.29, 0.717) is 6.26 Å². The summed E-state index contributed by atoms with van der Waals surface area (Å²) in [6.45, 7) is 0. The summed E-state index contributed by atoms with van der Waals surface area (Å²) in [5, 5.41) is 22.0. The van der Waals surface area contributed by atoms with Gasteiger partial charge in [-0.1, -0.05) is 0 Å². The number of nitriles is 1. The van der Waals surface area contributed by atoms with Crippen molar-refractivity contribution < 1.29 is 61.6 Å². The van der Waals surface area contributed by atoms with Crippen molar-refractivity contribution in [3.8, 4) is 6.26 Å². The van der Waals surface area contributed by atoms with E-state index < -0.39 is 0 Å². The van der Waals surface area contributed by atoms with Crippen LogP contribution in [0, 0.1) is 11.5 Å². The van der Waals surface area contributed by atoms with Crippen molar-refractivity contribution in [2.45, 2.75) is 0 Å². The van der Waals surface area contributed by atoms with Gasteiger partial charge in [-0.3, -0.25) is 0 Å². The topological polar surface area (TPSA) is 67.1 Å². The molecule has 0 heterocycles. The van der Waals surface area contributed by atoms with Crippen molar-refractivity contribution in [2.75, 3.05) is 7.11 Å². The molecule has 0 spiro atoms. The Hall–Kier alpha value is 0.886. The minimum Gasteiger partial charge on any atom is -0.812 e. The van der Waals surface area contributed by atoms with Gasteiger partial charge in [0.05, 0.1) is 0 Å². The summed E-state index contributed by atoms with van der Waals surface area (Å²) in [7, 11) is 1.00. The van der Waals surface area contributed by atoms with E-state index in [4.69, 9.17) is 15.5 Å². The molecular weight excluding hydrogens is 109 g/mol. The molecule has 0 aliphatic heterocycles. The van der Waals surface area contributed by atoms with Crippen LogP contribution >= 0.6 is 0 Å². The van der Waals surface area contributed by atoms with Crippen molar-refractivity contribution in [3.05, 3.63) is 0 Å². The minimum absolute atomic E-state index is 0. The van der Waals surface area contributed by atoms with Crippen LogP contribution in [0.5, 0.6) is 0 Å². The molecule has 3 nitrogen and oxygen atoms in total. The molecule has 0 amide bonds. The molecule has 0 aromatic carbocycles. The second-order valence-corrected chi connectivity index (χ2v) is 0.0913. The van der Waals surface area contributed by atoms with Gasteiger partial charge in [-0.15, -0.1) is 0 Å². The molecule has 0 rings (SSSR count). The first kappa shape index (κ1) is 15.8. The molecule has 0 radical (unpaired) electrons. The Morgan fingerprint density at radius 3 is 1.67 bits per heavy atom. The minimum atomic E-state index is 0. The molecule has 0 fully saturated rings. The van der Waals surface area contributed by atoms with E-state index in [-0.39, 0.29) is 51.4 Å². The number of nitrogens with zero attached hydrogens (tertiary/aromatic N) is 1. The van der Waals surface area contributed by atoms with Gasteiger partial charge < -0.3 is 10.2 Å². The third-order valence-electron chi connectivity index (χ3n) is 0. The maximum absolute atomic E-state index is 8.24. The van der Waals surface area contributed by atoms with E-state index in [0.717, 1.165) is 7.11 Å². The van der Waals surface area contributed by atoms with Crippen molar-refractivity contribution in [1.82, 2.24) is 0 Å². The quantitative estimate of drug-likeness (QED) is 0.254. The second-order valence-electron chi connectivity index (χ2n) is 0.0913. The van der Waals surface area contributed by atoms with E-state index in [1.165, 1.54) is 0 Å². The van der Waals surface area contributed by atoms with Crippen LogP contribution in [0.4, 0.5) is 0 Å². The Balaban J connectivity index is -0.0000000275. The molecule has 0 aliphatic rings. The van der Waals surface area contributed by atoms with Gasteiger partial charge in [0, 0.05) is 13.4 Å². The van der Waals surface area contributed by atoms with Gasteiger partial charge >= 0.3 is 51.4 Å². The first-order valence-corrected chi connectivity index (χ1v) is 0.875. The zero-order valence-electron chi connectivity index (χ0n) is 3.80. The Kier molecular flexibility index (Phi) is 104.